The lowest BCUT2D eigenvalue weighted by molar-refractivity contribution is 0.541. The number of nitrogens with two attached hydrogens (primary N) is 1. The van der Waals surface area contributed by atoms with Crippen molar-refractivity contribution in [1.29, 1.82) is 0 Å². The fourth-order valence-electron chi connectivity index (χ4n) is 1.98. The molecule has 18 heavy (non-hydrogen) atoms. The maximum absolute atomic E-state index is 6.32. The van der Waals surface area contributed by atoms with Gasteiger partial charge in [-0.2, -0.15) is 5.10 Å². The minimum absolute atomic E-state index is 0.0349. The third-order valence-corrected chi connectivity index (χ3v) is 3.50. The maximum Gasteiger partial charge on any atom is 0.0643 e. The smallest absolute Gasteiger partial charge is 0.0643 e. The number of hydrazine groups is 1. The molecule has 1 heterocycles. The van der Waals surface area contributed by atoms with Crippen molar-refractivity contribution in [3.63, 3.8) is 0 Å². The van der Waals surface area contributed by atoms with E-state index >= 15 is 0 Å². The molecule has 0 spiro atoms. The van der Waals surface area contributed by atoms with Gasteiger partial charge in [0.05, 0.1) is 11.7 Å². The van der Waals surface area contributed by atoms with Crippen LogP contribution in [-0.2, 0) is 13.5 Å². The largest absolute Gasteiger partial charge is 0.276 e. The molecule has 1 atom stereocenters. The Morgan fingerprint density at radius 3 is 2.83 bits per heavy atom. The molecule has 5 heteroatoms. The fraction of sp³-hybridized carbons (Fsp3) is 0.308. The third kappa shape index (κ3) is 2.72. The van der Waals surface area contributed by atoms with Crippen molar-refractivity contribution in [2.24, 2.45) is 12.9 Å². The van der Waals surface area contributed by atoms with E-state index in [4.69, 9.17) is 17.4 Å². The molecule has 0 fully saturated rings. The number of benzene rings is 1. The predicted octanol–water partition coefficient (Wildman–Crippen LogP) is 2.13. The number of halogens is 1. The van der Waals surface area contributed by atoms with Gasteiger partial charge in [-0.15, -0.1) is 0 Å². The van der Waals surface area contributed by atoms with Gasteiger partial charge in [0.1, 0.15) is 0 Å². The van der Waals surface area contributed by atoms with Gasteiger partial charge in [0, 0.05) is 24.7 Å². The van der Waals surface area contributed by atoms with Crippen LogP contribution in [0.1, 0.15) is 22.9 Å². The standard InChI is InChI=1S/C13H17ClN4/c1-9-4-3-5-11(13(9)14)12(16-15)8-10-6-7-18(2)17-10/h3-7,12,16H,8,15H2,1-2H3. The lowest BCUT2D eigenvalue weighted by Gasteiger charge is -2.17. The number of hydrogen-bond donors (Lipinski definition) is 2. The van der Waals surface area contributed by atoms with Gasteiger partial charge in [0.15, 0.2) is 0 Å². The van der Waals surface area contributed by atoms with Crippen molar-refractivity contribution in [3.8, 4) is 0 Å². The van der Waals surface area contributed by atoms with Crippen LogP contribution in [0.15, 0.2) is 30.5 Å². The monoisotopic (exact) mass is 264 g/mol. The predicted molar refractivity (Wildman–Crippen MR) is 73.2 cm³/mol. The molecule has 0 aliphatic carbocycles. The first kappa shape index (κ1) is 13.1. The molecule has 0 saturated carbocycles. The van der Waals surface area contributed by atoms with Crippen LogP contribution in [0.5, 0.6) is 0 Å². The number of nitrogens with zero attached hydrogens (tertiary/aromatic N) is 2. The van der Waals surface area contributed by atoms with Crippen LogP contribution < -0.4 is 11.3 Å². The van der Waals surface area contributed by atoms with Crippen LogP contribution in [0.3, 0.4) is 0 Å². The summed E-state index contributed by atoms with van der Waals surface area (Å²) in [5.41, 5.74) is 5.85. The summed E-state index contributed by atoms with van der Waals surface area (Å²) in [6.07, 6.45) is 2.63. The zero-order valence-electron chi connectivity index (χ0n) is 10.5. The zero-order chi connectivity index (χ0) is 13.1. The number of aromatic nitrogens is 2. The van der Waals surface area contributed by atoms with Gasteiger partial charge < -0.3 is 0 Å². The summed E-state index contributed by atoms with van der Waals surface area (Å²) in [5.74, 6) is 5.64. The van der Waals surface area contributed by atoms with Crippen LogP contribution in [0, 0.1) is 6.92 Å². The number of nitrogens with one attached hydrogen (secondary N) is 1. The minimum Gasteiger partial charge on any atom is -0.276 e. The Bertz CT molecular complexity index is 536. The first-order chi connectivity index (χ1) is 8.61. The molecule has 0 saturated heterocycles. The molecular formula is C13H17ClN4. The summed E-state index contributed by atoms with van der Waals surface area (Å²) in [6, 6.07) is 7.91. The Morgan fingerprint density at radius 1 is 1.44 bits per heavy atom. The Kier molecular flexibility index (Phi) is 4.01. The first-order valence-corrected chi connectivity index (χ1v) is 6.19. The highest BCUT2D eigenvalue weighted by Crippen LogP contribution is 2.27. The Morgan fingerprint density at radius 2 is 2.22 bits per heavy atom. The number of rotatable bonds is 4. The normalized spacial score (nSPS) is 12.7. The third-order valence-electron chi connectivity index (χ3n) is 2.98. The van der Waals surface area contributed by atoms with Crippen molar-refractivity contribution >= 4 is 11.6 Å². The lowest BCUT2D eigenvalue weighted by atomic mass is 10.0. The summed E-state index contributed by atoms with van der Waals surface area (Å²) >= 11 is 6.32. The topological polar surface area (TPSA) is 55.9 Å². The van der Waals surface area contributed by atoms with E-state index in [0.29, 0.717) is 6.42 Å². The van der Waals surface area contributed by atoms with E-state index in [0.717, 1.165) is 21.8 Å². The van der Waals surface area contributed by atoms with Gasteiger partial charge in [0.25, 0.3) is 0 Å². The van der Waals surface area contributed by atoms with E-state index in [1.807, 2.05) is 44.4 Å². The number of aryl methyl sites for hydroxylation is 2. The van der Waals surface area contributed by atoms with Crippen molar-refractivity contribution < 1.29 is 0 Å². The quantitative estimate of drug-likeness (QED) is 0.657. The molecule has 0 aliphatic heterocycles. The lowest BCUT2D eigenvalue weighted by Crippen LogP contribution is -2.30. The first-order valence-electron chi connectivity index (χ1n) is 5.81. The zero-order valence-corrected chi connectivity index (χ0v) is 11.3. The molecule has 0 aliphatic rings. The van der Waals surface area contributed by atoms with E-state index in [1.165, 1.54) is 0 Å². The summed E-state index contributed by atoms with van der Waals surface area (Å²) in [6.45, 7) is 1.99. The Balaban J connectivity index is 2.25. The van der Waals surface area contributed by atoms with E-state index in [2.05, 4.69) is 10.5 Å². The molecule has 2 rings (SSSR count). The molecule has 0 bridgehead atoms. The highest BCUT2D eigenvalue weighted by atomic mass is 35.5. The van der Waals surface area contributed by atoms with Gasteiger partial charge in [-0.25, -0.2) is 0 Å². The average Bonchev–Trinajstić information content (AvgIpc) is 2.76. The highest BCUT2D eigenvalue weighted by molar-refractivity contribution is 6.32. The van der Waals surface area contributed by atoms with Gasteiger partial charge in [-0.1, -0.05) is 29.8 Å². The van der Waals surface area contributed by atoms with Gasteiger partial charge in [0.2, 0.25) is 0 Å². The molecule has 2 aromatic rings. The van der Waals surface area contributed by atoms with Crippen molar-refractivity contribution in [3.05, 3.63) is 52.3 Å². The second kappa shape index (κ2) is 5.52. The highest BCUT2D eigenvalue weighted by Gasteiger charge is 2.16. The van der Waals surface area contributed by atoms with Gasteiger partial charge >= 0.3 is 0 Å². The maximum atomic E-state index is 6.32. The molecule has 3 N–H and O–H groups in total. The molecule has 1 unspecified atom stereocenters. The molecular weight excluding hydrogens is 248 g/mol. The minimum atomic E-state index is -0.0349. The van der Waals surface area contributed by atoms with Gasteiger partial charge in [-0.05, 0) is 24.1 Å². The molecule has 4 nitrogen and oxygen atoms in total. The average molecular weight is 265 g/mol. The van der Waals surface area contributed by atoms with E-state index in [9.17, 15) is 0 Å². The summed E-state index contributed by atoms with van der Waals surface area (Å²) in [7, 11) is 1.90. The Hall–Kier alpha value is -1.36. The van der Waals surface area contributed by atoms with Crippen LogP contribution in [0.4, 0.5) is 0 Å². The van der Waals surface area contributed by atoms with E-state index in [1.54, 1.807) is 4.68 Å². The molecule has 0 amide bonds. The SMILES string of the molecule is Cc1cccc(C(Cc2ccn(C)n2)NN)c1Cl. The summed E-state index contributed by atoms with van der Waals surface area (Å²) in [4.78, 5) is 0. The van der Waals surface area contributed by atoms with E-state index in [-0.39, 0.29) is 6.04 Å². The molecule has 1 aromatic carbocycles. The molecule has 0 radical (unpaired) electrons. The van der Waals surface area contributed by atoms with Crippen LogP contribution in [0.2, 0.25) is 5.02 Å². The molecule has 96 valence electrons. The molecule has 1 aromatic heterocycles. The van der Waals surface area contributed by atoms with Crippen LogP contribution >= 0.6 is 11.6 Å². The summed E-state index contributed by atoms with van der Waals surface area (Å²) in [5, 5.41) is 5.11. The van der Waals surface area contributed by atoms with Gasteiger partial charge in [-0.3, -0.25) is 16.0 Å². The van der Waals surface area contributed by atoms with Crippen molar-refractivity contribution in [1.82, 2.24) is 15.2 Å². The second-order valence-electron chi connectivity index (χ2n) is 4.38. The van der Waals surface area contributed by atoms with Crippen molar-refractivity contribution in [2.45, 2.75) is 19.4 Å². The van der Waals surface area contributed by atoms with Crippen LogP contribution in [0.25, 0.3) is 0 Å². The number of hydrogen-bond acceptors (Lipinski definition) is 3. The summed E-state index contributed by atoms with van der Waals surface area (Å²) < 4.78 is 1.78. The fourth-order valence-corrected chi connectivity index (χ4v) is 2.24. The Labute approximate surface area is 112 Å². The van der Waals surface area contributed by atoms with Crippen molar-refractivity contribution in [2.75, 3.05) is 0 Å². The second-order valence-corrected chi connectivity index (χ2v) is 4.76. The van der Waals surface area contributed by atoms with E-state index < -0.39 is 0 Å². The van der Waals surface area contributed by atoms with Crippen LogP contribution in [-0.4, -0.2) is 9.78 Å².